The second-order valence-electron chi connectivity index (χ2n) is 6.79. The first-order valence-corrected chi connectivity index (χ1v) is 11.9. The number of aryl methyl sites for hydroxylation is 1. The van der Waals surface area contributed by atoms with E-state index in [9.17, 15) is 33.8 Å². The number of aliphatic hydroxyl groups is 2. The Morgan fingerprint density at radius 1 is 1.12 bits per heavy atom. The Morgan fingerprint density at radius 3 is 2.41 bits per heavy atom. The quantitative estimate of drug-likeness (QED) is 0.240. The molecule has 2 aromatic heterocycles. The normalized spacial score (nSPS) is 25.7. The van der Waals surface area contributed by atoms with Gasteiger partial charge < -0.3 is 29.6 Å². The minimum atomic E-state index is -5.36. The van der Waals surface area contributed by atoms with Gasteiger partial charge >= 0.3 is 21.3 Å². The van der Waals surface area contributed by atoms with Crippen molar-refractivity contribution >= 4 is 15.6 Å². The van der Waals surface area contributed by atoms with Crippen molar-refractivity contribution in [3.8, 4) is 0 Å². The topological polar surface area (TPSA) is 225 Å². The maximum atomic E-state index is 12.8. The van der Waals surface area contributed by atoms with Crippen LogP contribution in [0, 0.1) is 0 Å². The van der Waals surface area contributed by atoms with Gasteiger partial charge in [0.05, 0.1) is 18.8 Å². The van der Waals surface area contributed by atoms with Crippen molar-refractivity contribution in [1.82, 2.24) is 18.9 Å². The van der Waals surface area contributed by atoms with Crippen LogP contribution in [0.3, 0.4) is 0 Å². The van der Waals surface area contributed by atoms with E-state index in [1.165, 1.54) is 4.68 Å². The molecule has 3 rings (SSSR count). The number of hydrogen-bond acceptors (Lipinski definition) is 10. The van der Waals surface area contributed by atoms with Crippen LogP contribution >= 0.6 is 15.6 Å². The van der Waals surface area contributed by atoms with Crippen LogP contribution in [0.15, 0.2) is 34.1 Å². The zero-order chi connectivity index (χ0) is 23.8. The smallest absolute Gasteiger partial charge is 0.387 e. The highest BCUT2D eigenvalue weighted by Gasteiger charge is 2.46. The Balaban J connectivity index is 1.79. The molecule has 0 bridgehead atoms. The molecular formula is C14H20N4O12P2. The zero-order valence-electron chi connectivity index (χ0n) is 16.3. The van der Waals surface area contributed by atoms with Crippen LogP contribution in [-0.4, -0.2) is 68.7 Å². The molecule has 0 aromatic carbocycles. The molecule has 5 atom stereocenters. The van der Waals surface area contributed by atoms with Gasteiger partial charge in [0.25, 0.3) is 5.56 Å². The molecule has 16 nitrogen and oxygen atoms in total. The molecule has 178 valence electrons. The first kappa shape index (κ1) is 24.7. The lowest BCUT2D eigenvalue weighted by molar-refractivity contribution is -0.0547. The van der Waals surface area contributed by atoms with Gasteiger partial charge in [0, 0.05) is 25.5 Å². The van der Waals surface area contributed by atoms with Crippen molar-refractivity contribution in [3.63, 3.8) is 0 Å². The van der Waals surface area contributed by atoms with Crippen LogP contribution in [0.1, 0.15) is 11.9 Å². The molecule has 0 saturated carbocycles. The molecule has 1 aliphatic rings. The van der Waals surface area contributed by atoms with E-state index in [2.05, 4.69) is 13.9 Å². The fourth-order valence-corrected chi connectivity index (χ4v) is 4.60. The van der Waals surface area contributed by atoms with Crippen molar-refractivity contribution in [2.45, 2.75) is 31.1 Å². The lowest BCUT2D eigenvalue weighted by Crippen LogP contribution is -2.43. The highest BCUT2D eigenvalue weighted by atomic mass is 31.3. The third kappa shape index (κ3) is 5.68. The standard InChI is InChI=1S/C14H20N4O12P2/c1-16-4-2-8(15-16)6-18-10(19)3-5-17(14(18)22)13-12(21)11(20)9(29-13)7-28-32(26,27)30-31(23,24)25/h2-5,9,11-13,20-21H,6-7H2,1H3,(H,26,27)(H2,23,24,25)/t9-,11-,12-,13-/m1/s1. The molecule has 18 heteroatoms. The van der Waals surface area contributed by atoms with Crippen LogP contribution in [0.5, 0.6) is 0 Å². The predicted molar refractivity (Wildman–Crippen MR) is 102 cm³/mol. The largest absolute Gasteiger partial charge is 0.481 e. The maximum absolute atomic E-state index is 12.8. The number of phosphoric ester groups is 1. The lowest BCUT2D eigenvalue weighted by atomic mass is 10.1. The third-order valence-corrected chi connectivity index (χ3v) is 6.56. The molecule has 0 amide bonds. The fraction of sp³-hybridized carbons (Fsp3) is 0.500. The van der Waals surface area contributed by atoms with Gasteiger partial charge in [0.15, 0.2) is 6.23 Å². The van der Waals surface area contributed by atoms with Crippen LogP contribution < -0.4 is 11.2 Å². The molecule has 32 heavy (non-hydrogen) atoms. The molecule has 1 fully saturated rings. The van der Waals surface area contributed by atoms with Crippen LogP contribution in [0.4, 0.5) is 0 Å². The van der Waals surface area contributed by atoms with E-state index in [0.717, 1.165) is 21.4 Å². The summed E-state index contributed by atoms with van der Waals surface area (Å²) in [5, 5.41) is 24.5. The average molecular weight is 498 g/mol. The average Bonchev–Trinajstić information content (AvgIpc) is 3.19. The van der Waals surface area contributed by atoms with E-state index in [1.54, 1.807) is 19.3 Å². The summed E-state index contributed by atoms with van der Waals surface area (Å²) in [5.74, 6) is 0. The summed E-state index contributed by atoms with van der Waals surface area (Å²) in [6.45, 7) is -1.10. The van der Waals surface area contributed by atoms with Crippen LogP contribution in [0.2, 0.25) is 0 Å². The van der Waals surface area contributed by atoms with E-state index in [4.69, 9.17) is 14.5 Å². The summed E-state index contributed by atoms with van der Waals surface area (Å²) in [6.07, 6.45) is -3.79. The summed E-state index contributed by atoms with van der Waals surface area (Å²) in [5.41, 5.74) is -1.13. The molecule has 2 aromatic rings. The Bertz CT molecular complexity index is 1180. The number of ether oxygens (including phenoxy) is 1. The third-order valence-electron chi connectivity index (χ3n) is 4.41. The van der Waals surface area contributed by atoms with Crippen molar-refractivity contribution in [3.05, 3.63) is 51.1 Å². The van der Waals surface area contributed by atoms with E-state index < -0.39 is 58.0 Å². The van der Waals surface area contributed by atoms with Gasteiger partial charge in [-0.1, -0.05) is 0 Å². The van der Waals surface area contributed by atoms with Crippen molar-refractivity contribution in [2.75, 3.05) is 6.61 Å². The zero-order valence-corrected chi connectivity index (χ0v) is 18.1. The van der Waals surface area contributed by atoms with Gasteiger partial charge in [-0.25, -0.2) is 13.9 Å². The summed E-state index contributed by atoms with van der Waals surface area (Å²) in [6, 6.07) is 2.63. The molecule has 0 radical (unpaired) electrons. The summed E-state index contributed by atoms with van der Waals surface area (Å²) in [7, 11) is -8.93. The number of nitrogens with zero attached hydrogens (tertiary/aromatic N) is 4. The SMILES string of the molecule is Cn1ccc(Cn2c(=O)ccn([C@@H]3O[C@H](COP(=O)(O)OP(=O)(O)O)[C@@H](O)[C@H]3O)c2=O)n1. The molecule has 0 aliphatic carbocycles. The van der Waals surface area contributed by atoms with Crippen LogP contribution in [0.25, 0.3) is 0 Å². The molecule has 3 heterocycles. The minimum Gasteiger partial charge on any atom is -0.387 e. The van der Waals surface area contributed by atoms with Gasteiger partial charge in [-0.2, -0.15) is 9.41 Å². The Labute approximate surface area is 178 Å². The molecule has 1 aliphatic heterocycles. The van der Waals surface area contributed by atoms with Crippen molar-refractivity contribution in [1.29, 1.82) is 0 Å². The fourth-order valence-electron chi connectivity index (χ4n) is 3.00. The van der Waals surface area contributed by atoms with Crippen molar-refractivity contribution < 1.29 is 47.6 Å². The lowest BCUT2D eigenvalue weighted by Gasteiger charge is -2.19. The molecule has 1 saturated heterocycles. The van der Waals surface area contributed by atoms with Gasteiger partial charge in [-0.15, -0.1) is 0 Å². The van der Waals surface area contributed by atoms with E-state index in [1.807, 2.05) is 0 Å². The van der Waals surface area contributed by atoms with Crippen LogP contribution in [-0.2, 0) is 36.3 Å². The minimum absolute atomic E-state index is 0.176. The van der Waals surface area contributed by atoms with Gasteiger partial charge in [-0.3, -0.25) is 23.1 Å². The van der Waals surface area contributed by atoms with E-state index in [0.29, 0.717) is 5.69 Å². The van der Waals surface area contributed by atoms with Gasteiger partial charge in [0.1, 0.15) is 18.3 Å². The molecule has 5 N–H and O–H groups in total. The molecule has 1 unspecified atom stereocenters. The van der Waals surface area contributed by atoms with Gasteiger partial charge in [0.2, 0.25) is 0 Å². The van der Waals surface area contributed by atoms with E-state index in [-0.39, 0.29) is 6.54 Å². The number of rotatable bonds is 8. The molecular weight excluding hydrogens is 478 g/mol. The summed E-state index contributed by atoms with van der Waals surface area (Å²) in [4.78, 5) is 51.5. The monoisotopic (exact) mass is 498 g/mol. The van der Waals surface area contributed by atoms with E-state index >= 15 is 0 Å². The van der Waals surface area contributed by atoms with Crippen molar-refractivity contribution in [2.24, 2.45) is 7.05 Å². The first-order chi connectivity index (χ1) is 14.8. The Hall–Kier alpha value is -1.97. The summed E-state index contributed by atoms with van der Waals surface area (Å²) >= 11 is 0. The number of hydrogen-bond donors (Lipinski definition) is 5. The Morgan fingerprint density at radius 2 is 1.81 bits per heavy atom. The number of phosphoric acid groups is 2. The highest BCUT2D eigenvalue weighted by Crippen LogP contribution is 2.57. The molecule has 0 spiro atoms. The second kappa shape index (κ2) is 9.11. The predicted octanol–water partition coefficient (Wildman–Crippen LogP) is -2.36. The highest BCUT2D eigenvalue weighted by molar-refractivity contribution is 7.60. The Kier molecular flexibility index (Phi) is 7.02. The number of aromatic nitrogens is 4. The first-order valence-electron chi connectivity index (χ1n) is 8.84. The summed E-state index contributed by atoms with van der Waals surface area (Å²) < 4.78 is 38.7. The van der Waals surface area contributed by atoms with Gasteiger partial charge in [-0.05, 0) is 6.07 Å². The number of aliphatic hydroxyl groups excluding tert-OH is 2. The second-order valence-corrected chi connectivity index (χ2v) is 9.62. The maximum Gasteiger partial charge on any atom is 0.481 e.